The lowest BCUT2D eigenvalue weighted by atomic mass is 9.83. The maximum atomic E-state index is 5.96. The topological polar surface area (TPSA) is 12.0 Å². The molecule has 0 heterocycles. The first-order chi connectivity index (χ1) is 9.19. The van der Waals surface area contributed by atoms with Crippen LogP contribution < -0.4 is 5.32 Å². The molecule has 1 atom stereocenters. The van der Waals surface area contributed by atoms with E-state index in [1.807, 2.05) is 12.1 Å². The van der Waals surface area contributed by atoms with Gasteiger partial charge in [-0.25, -0.2) is 0 Å². The van der Waals surface area contributed by atoms with E-state index in [1.165, 1.54) is 37.7 Å². The van der Waals surface area contributed by atoms with E-state index in [-0.39, 0.29) is 0 Å². The Hall–Kier alpha value is -0.530. The minimum atomic E-state index is 0.460. The third kappa shape index (κ3) is 3.73. The zero-order valence-electron chi connectivity index (χ0n) is 12.2. The van der Waals surface area contributed by atoms with Crippen molar-refractivity contribution < 1.29 is 0 Å². The van der Waals surface area contributed by atoms with E-state index >= 15 is 0 Å². The van der Waals surface area contributed by atoms with E-state index in [2.05, 4.69) is 31.3 Å². The molecule has 1 aliphatic rings. The summed E-state index contributed by atoms with van der Waals surface area (Å²) in [7, 11) is 0. The van der Waals surface area contributed by atoms with Gasteiger partial charge < -0.3 is 5.32 Å². The zero-order valence-corrected chi connectivity index (χ0v) is 13.0. The van der Waals surface area contributed by atoms with Crippen LogP contribution >= 0.6 is 11.6 Å². The highest BCUT2D eigenvalue weighted by molar-refractivity contribution is 6.30. The van der Waals surface area contributed by atoms with Crippen molar-refractivity contribution in [1.82, 2.24) is 5.32 Å². The third-order valence-corrected chi connectivity index (χ3v) is 5.07. The molecular formula is C17H26ClN. The molecule has 1 aromatic rings. The highest BCUT2D eigenvalue weighted by atomic mass is 35.5. The molecule has 1 aromatic carbocycles. The summed E-state index contributed by atoms with van der Waals surface area (Å²) in [5.74, 6) is 0. The Bertz CT molecular complexity index is 379. The summed E-state index contributed by atoms with van der Waals surface area (Å²) >= 11 is 5.96. The molecule has 1 aliphatic carbocycles. The molecule has 1 unspecified atom stereocenters. The first-order valence-corrected chi connectivity index (χ1v) is 8.06. The Morgan fingerprint density at radius 1 is 1.16 bits per heavy atom. The predicted octanol–water partition coefficient (Wildman–Crippen LogP) is 5.35. The second kappa shape index (κ2) is 6.76. The van der Waals surface area contributed by atoms with Gasteiger partial charge in [-0.1, -0.05) is 50.4 Å². The largest absolute Gasteiger partial charge is 0.309 e. The highest BCUT2D eigenvalue weighted by Gasteiger charge is 2.32. The highest BCUT2D eigenvalue weighted by Crippen LogP contribution is 2.40. The van der Waals surface area contributed by atoms with Gasteiger partial charge in [-0.3, -0.25) is 0 Å². The quantitative estimate of drug-likeness (QED) is 0.740. The number of halogens is 1. The van der Waals surface area contributed by atoms with E-state index in [9.17, 15) is 0 Å². The van der Waals surface area contributed by atoms with Crippen LogP contribution in [-0.4, -0.2) is 6.54 Å². The lowest BCUT2D eigenvalue weighted by Gasteiger charge is -2.30. The first kappa shape index (κ1) is 14.9. The number of hydrogen-bond acceptors (Lipinski definition) is 1. The number of rotatable bonds is 6. The van der Waals surface area contributed by atoms with Crippen LogP contribution in [0.2, 0.25) is 5.02 Å². The molecule has 1 nitrogen and oxygen atoms in total. The van der Waals surface area contributed by atoms with Crippen LogP contribution in [0.3, 0.4) is 0 Å². The van der Waals surface area contributed by atoms with Crippen LogP contribution in [0.15, 0.2) is 24.3 Å². The molecule has 0 radical (unpaired) electrons. The van der Waals surface area contributed by atoms with Gasteiger partial charge in [-0.15, -0.1) is 0 Å². The SMILES string of the molecule is CCC(NCC1(CC)CCCC1)c1ccc(Cl)cc1. The number of nitrogens with one attached hydrogen (secondary N) is 1. The third-order valence-electron chi connectivity index (χ3n) is 4.82. The second-order valence-corrected chi connectivity index (χ2v) is 6.39. The van der Waals surface area contributed by atoms with E-state index in [0.717, 1.165) is 18.0 Å². The Kier molecular flexibility index (Phi) is 5.29. The Morgan fingerprint density at radius 2 is 1.79 bits per heavy atom. The van der Waals surface area contributed by atoms with Crippen molar-refractivity contribution in [2.24, 2.45) is 5.41 Å². The zero-order chi connectivity index (χ0) is 13.7. The molecule has 0 aliphatic heterocycles. The Labute approximate surface area is 122 Å². The van der Waals surface area contributed by atoms with Crippen molar-refractivity contribution in [3.8, 4) is 0 Å². The summed E-state index contributed by atoms with van der Waals surface area (Å²) in [6, 6.07) is 8.74. The maximum absolute atomic E-state index is 5.96. The van der Waals surface area contributed by atoms with Crippen LogP contribution in [0.1, 0.15) is 64.0 Å². The van der Waals surface area contributed by atoms with E-state index in [4.69, 9.17) is 11.6 Å². The molecule has 1 saturated carbocycles. The van der Waals surface area contributed by atoms with Gasteiger partial charge in [0.15, 0.2) is 0 Å². The fourth-order valence-corrected chi connectivity index (χ4v) is 3.44. The molecule has 2 rings (SSSR count). The smallest absolute Gasteiger partial charge is 0.0406 e. The normalized spacial score (nSPS) is 19.5. The van der Waals surface area contributed by atoms with Crippen molar-refractivity contribution in [1.29, 1.82) is 0 Å². The molecule has 1 fully saturated rings. The van der Waals surface area contributed by atoms with Crippen LogP contribution in [-0.2, 0) is 0 Å². The summed E-state index contributed by atoms with van der Waals surface area (Å²) in [6.45, 7) is 5.75. The van der Waals surface area contributed by atoms with Gasteiger partial charge in [0.2, 0.25) is 0 Å². The molecule has 0 amide bonds. The average Bonchev–Trinajstić information content (AvgIpc) is 2.91. The van der Waals surface area contributed by atoms with Crippen molar-refractivity contribution >= 4 is 11.6 Å². The molecule has 0 saturated heterocycles. The van der Waals surface area contributed by atoms with Gasteiger partial charge >= 0.3 is 0 Å². The number of hydrogen-bond donors (Lipinski definition) is 1. The van der Waals surface area contributed by atoms with Gasteiger partial charge in [0.1, 0.15) is 0 Å². The molecule has 2 heteroatoms. The van der Waals surface area contributed by atoms with Crippen LogP contribution in [0, 0.1) is 5.41 Å². The molecule has 0 aromatic heterocycles. The lowest BCUT2D eigenvalue weighted by Crippen LogP contribution is -2.34. The Balaban J connectivity index is 1.97. The second-order valence-electron chi connectivity index (χ2n) is 5.95. The minimum Gasteiger partial charge on any atom is -0.309 e. The minimum absolute atomic E-state index is 0.460. The average molecular weight is 280 g/mol. The number of benzene rings is 1. The van der Waals surface area contributed by atoms with Crippen molar-refractivity contribution in [3.05, 3.63) is 34.9 Å². The molecule has 0 bridgehead atoms. The molecular weight excluding hydrogens is 254 g/mol. The first-order valence-electron chi connectivity index (χ1n) is 7.68. The summed E-state index contributed by atoms with van der Waals surface area (Å²) in [4.78, 5) is 0. The molecule has 1 N–H and O–H groups in total. The van der Waals surface area contributed by atoms with Gasteiger partial charge in [0.05, 0.1) is 0 Å². The van der Waals surface area contributed by atoms with Crippen LogP contribution in [0.5, 0.6) is 0 Å². The van der Waals surface area contributed by atoms with E-state index < -0.39 is 0 Å². The van der Waals surface area contributed by atoms with Crippen LogP contribution in [0.4, 0.5) is 0 Å². The predicted molar refractivity (Wildman–Crippen MR) is 83.7 cm³/mol. The van der Waals surface area contributed by atoms with Gasteiger partial charge in [0, 0.05) is 17.6 Å². The van der Waals surface area contributed by atoms with E-state index in [0.29, 0.717) is 11.5 Å². The monoisotopic (exact) mass is 279 g/mol. The molecule has 19 heavy (non-hydrogen) atoms. The molecule has 0 spiro atoms. The summed E-state index contributed by atoms with van der Waals surface area (Å²) in [5.41, 5.74) is 1.91. The Morgan fingerprint density at radius 3 is 2.32 bits per heavy atom. The van der Waals surface area contributed by atoms with E-state index in [1.54, 1.807) is 0 Å². The lowest BCUT2D eigenvalue weighted by molar-refractivity contribution is 0.254. The maximum Gasteiger partial charge on any atom is 0.0406 e. The van der Waals surface area contributed by atoms with Gasteiger partial charge in [0.25, 0.3) is 0 Å². The summed E-state index contributed by atoms with van der Waals surface area (Å²) < 4.78 is 0. The van der Waals surface area contributed by atoms with Crippen LogP contribution in [0.25, 0.3) is 0 Å². The van der Waals surface area contributed by atoms with Gasteiger partial charge in [-0.2, -0.15) is 0 Å². The fourth-order valence-electron chi connectivity index (χ4n) is 3.31. The fraction of sp³-hybridized carbons (Fsp3) is 0.647. The van der Waals surface area contributed by atoms with Crippen molar-refractivity contribution in [2.45, 2.75) is 58.4 Å². The standard InChI is InChI=1S/C17H26ClN/c1-3-16(14-7-9-15(18)10-8-14)19-13-17(4-2)11-5-6-12-17/h7-10,16,19H,3-6,11-13H2,1-2H3. The van der Waals surface area contributed by atoms with Gasteiger partial charge in [-0.05, 0) is 48.8 Å². The van der Waals surface area contributed by atoms with Crippen molar-refractivity contribution in [3.63, 3.8) is 0 Å². The van der Waals surface area contributed by atoms with Crippen molar-refractivity contribution in [2.75, 3.05) is 6.54 Å². The summed E-state index contributed by atoms with van der Waals surface area (Å²) in [6.07, 6.45) is 8.04. The molecule has 106 valence electrons. The summed E-state index contributed by atoms with van der Waals surface area (Å²) in [5, 5.41) is 4.61.